The molecule has 1 heterocycles. The minimum atomic E-state index is -3.57. The maximum Gasteiger partial charge on any atom is 0.250 e. The van der Waals surface area contributed by atoms with E-state index in [0.29, 0.717) is 5.92 Å². The van der Waals surface area contributed by atoms with Gasteiger partial charge in [-0.05, 0) is 52.7 Å². The zero-order valence-electron chi connectivity index (χ0n) is 12.7. The highest BCUT2D eigenvalue weighted by Crippen LogP contribution is 2.27. The summed E-state index contributed by atoms with van der Waals surface area (Å²) in [5, 5.41) is 9.62. The fraction of sp³-hybridized carbons (Fsp3) is 0.714. The fourth-order valence-corrected chi connectivity index (χ4v) is 5.76. The van der Waals surface area contributed by atoms with Crippen LogP contribution in [0.5, 0.6) is 0 Å². The number of hydrogen-bond acceptors (Lipinski definition) is 4. The molecule has 1 aromatic heterocycles. The molecule has 0 aliphatic carbocycles. The van der Waals surface area contributed by atoms with Crippen LogP contribution >= 0.6 is 27.3 Å². The van der Waals surface area contributed by atoms with Gasteiger partial charge in [0.25, 0.3) is 0 Å². The maximum absolute atomic E-state index is 12.4. The number of hydrogen-bond donors (Lipinski definition) is 2. The van der Waals surface area contributed by atoms with Gasteiger partial charge in [0.2, 0.25) is 10.0 Å². The molecule has 0 spiro atoms. The van der Waals surface area contributed by atoms with E-state index in [1.807, 2.05) is 0 Å². The number of halogens is 1. The van der Waals surface area contributed by atoms with Gasteiger partial charge >= 0.3 is 0 Å². The van der Waals surface area contributed by atoms with Crippen LogP contribution < -0.4 is 4.72 Å². The standard InChI is InChI=1S/C14H24BrNO3S2/c1-4-5-11(8-10(2)3)12(9-17)16-21(18,19)14-7-6-13(15)20-14/h6-7,10-12,16-17H,4-5,8-9H2,1-3H3. The predicted molar refractivity (Wildman–Crippen MR) is 91.1 cm³/mol. The van der Waals surface area contributed by atoms with E-state index in [-0.39, 0.29) is 16.7 Å². The van der Waals surface area contributed by atoms with Crippen molar-refractivity contribution in [2.75, 3.05) is 6.61 Å². The van der Waals surface area contributed by atoms with Crippen LogP contribution in [-0.4, -0.2) is 26.2 Å². The molecule has 0 fully saturated rings. The SMILES string of the molecule is CCCC(CC(C)C)C(CO)NS(=O)(=O)c1ccc(Br)s1. The molecule has 2 unspecified atom stereocenters. The Hall–Kier alpha value is 0.0500. The Bertz CT molecular complexity index is 528. The molecule has 0 saturated heterocycles. The normalized spacial score (nSPS) is 15.3. The van der Waals surface area contributed by atoms with Crippen molar-refractivity contribution in [2.24, 2.45) is 11.8 Å². The Kier molecular flexibility index (Phi) is 7.84. The molecular formula is C14H24BrNO3S2. The number of rotatable bonds is 9. The molecule has 1 aromatic rings. The van der Waals surface area contributed by atoms with Crippen molar-refractivity contribution in [1.82, 2.24) is 4.72 Å². The van der Waals surface area contributed by atoms with Crippen molar-refractivity contribution >= 4 is 37.3 Å². The first-order valence-corrected chi connectivity index (χ1v) is 10.3. The summed E-state index contributed by atoms with van der Waals surface area (Å²) in [5.74, 6) is 0.620. The first-order valence-electron chi connectivity index (χ1n) is 7.18. The summed E-state index contributed by atoms with van der Waals surface area (Å²) < 4.78 is 28.5. The number of nitrogens with one attached hydrogen (secondary N) is 1. The van der Waals surface area contributed by atoms with Gasteiger partial charge in [-0.15, -0.1) is 11.3 Å². The number of aliphatic hydroxyl groups is 1. The van der Waals surface area contributed by atoms with E-state index in [2.05, 4.69) is 41.4 Å². The summed E-state index contributed by atoms with van der Waals surface area (Å²) in [5.41, 5.74) is 0. The van der Waals surface area contributed by atoms with Crippen molar-refractivity contribution in [1.29, 1.82) is 0 Å². The quantitative estimate of drug-likeness (QED) is 0.668. The summed E-state index contributed by atoms with van der Waals surface area (Å²) in [6, 6.07) is 2.85. The van der Waals surface area contributed by atoms with Gasteiger partial charge in [0.05, 0.1) is 10.4 Å². The van der Waals surface area contributed by atoms with Crippen molar-refractivity contribution in [3.63, 3.8) is 0 Å². The van der Waals surface area contributed by atoms with Gasteiger partial charge in [-0.25, -0.2) is 13.1 Å². The van der Waals surface area contributed by atoms with Crippen molar-refractivity contribution in [2.45, 2.75) is 50.3 Å². The molecule has 0 bridgehead atoms. The topological polar surface area (TPSA) is 66.4 Å². The van der Waals surface area contributed by atoms with E-state index < -0.39 is 16.1 Å². The van der Waals surface area contributed by atoms with E-state index in [1.165, 1.54) is 11.3 Å². The highest BCUT2D eigenvalue weighted by molar-refractivity contribution is 9.11. The van der Waals surface area contributed by atoms with Crippen molar-refractivity contribution < 1.29 is 13.5 Å². The number of sulfonamides is 1. The molecule has 2 N–H and O–H groups in total. The van der Waals surface area contributed by atoms with Crippen molar-refractivity contribution in [3.8, 4) is 0 Å². The molecule has 0 aliphatic heterocycles. The lowest BCUT2D eigenvalue weighted by molar-refractivity contribution is 0.193. The molecule has 122 valence electrons. The first kappa shape index (κ1) is 19.1. The second-order valence-corrected chi connectivity index (χ2v) is 10.1. The summed E-state index contributed by atoms with van der Waals surface area (Å²) in [4.78, 5) is 0. The lowest BCUT2D eigenvalue weighted by Crippen LogP contribution is -2.43. The molecule has 7 heteroatoms. The molecule has 0 aromatic carbocycles. The molecule has 4 nitrogen and oxygen atoms in total. The van der Waals surface area contributed by atoms with E-state index in [1.54, 1.807) is 12.1 Å². The summed E-state index contributed by atoms with van der Waals surface area (Å²) in [6.45, 7) is 6.12. The van der Waals surface area contributed by atoms with E-state index in [9.17, 15) is 13.5 Å². The van der Waals surface area contributed by atoms with Gasteiger partial charge in [-0.3, -0.25) is 0 Å². The van der Waals surface area contributed by atoms with Crippen molar-refractivity contribution in [3.05, 3.63) is 15.9 Å². The largest absolute Gasteiger partial charge is 0.395 e. The Balaban J connectivity index is 2.88. The van der Waals surface area contributed by atoms with Gasteiger partial charge < -0.3 is 5.11 Å². The average Bonchev–Trinajstić information content (AvgIpc) is 2.82. The van der Waals surface area contributed by atoms with Crippen LogP contribution in [0.15, 0.2) is 20.1 Å². The second kappa shape index (κ2) is 8.62. The highest BCUT2D eigenvalue weighted by Gasteiger charge is 2.27. The fourth-order valence-electron chi connectivity index (χ4n) is 2.44. The number of thiophene rings is 1. The lowest BCUT2D eigenvalue weighted by Gasteiger charge is -2.27. The molecule has 21 heavy (non-hydrogen) atoms. The third-order valence-corrected chi connectivity index (χ3v) is 6.92. The zero-order valence-corrected chi connectivity index (χ0v) is 15.9. The molecule has 1 rings (SSSR count). The van der Waals surface area contributed by atoms with Crippen LogP contribution in [0.25, 0.3) is 0 Å². The van der Waals surface area contributed by atoms with Crippen LogP contribution in [0, 0.1) is 11.8 Å². The highest BCUT2D eigenvalue weighted by atomic mass is 79.9. The van der Waals surface area contributed by atoms with Gasteiger partial charge in [-0.2, -0.15) is 0 Å². The maximum atomic E-state index is 12.4. The van der Waals surface area contributed by atoms with E-state index in [0.717, 1.165) is 23.0 Å². The van der Waals surface area contributed by atoms with Crippen LogP contribution in [0.3, 0.4) is 0 Å². The van der Waals surface area contributed by atoms with E-state index in [4.69, 9.17) is 0 Å². The van der Waals surface area contributed by atoms with Crippen LogP contribution in [0.4, 0.5) is 0 Å². The average molecular weight is 398 g/mol. The Morgan fingerprint density at radius 2 is 2.05 bits per heavy atom. The smallest absolute Gasteiger partial charge is 0.250 e. The molecule has 2 atom stereocenters. The Morgan fingerprint density at radius 3 is 2.48 bits per heavy atom. The first-order chi connectivity index (χ1) is 9.80. The monoisotopic (exact) mass is 397 g/mol. The zero-order chi connectivity index (χ0) is 16.0. The van der Waals surface area contributed by atoms with Crippen LogP contribution in [0.2, 0.25) is 0 Å². The van der Waals surface area contributed by atoms with Crippen LogP contribution in [0.1, 0.15) is 40.0 Å². The predicted octanol–water partition coefficient (Wildman–Crippen LogP) is 3.61. The third-order valence-electron chi connectivity index (χ3n) is 3.32. The molecule has 0 saturated carbocycles. The third kappa shape index (κ3) is 5.98. The minimum absolute atomic E-state index is 0.151. The van der Waals surface area contributed by atoms with Gasteiger partial charge in [-0.1, -0.05) is 27.2 Å². The summed E-state index contributed by atoms with van der Waals surface area (Å²) in [6.07, 6.45) is 2.77. The minimum Gasteiger partial charge on any atom is -0.395 e. The van der Waals surface area contributed by atoms with Crippen LogP contribution in [-0.2, 0) is 10.0 Å². The Morgan fingerprint density at radius 1 is 1.38 bits per heavy atom. The molecule has 0 amide bonds. The van der Waals surface area contributed by atoms with E-state index >= 15 is 0 Å². The van der Waals surface area contributed by atoms with Gasteiger partial charge in [0, 0.05) is 6.04 Å². The second-order valence-electron chi connectivity index (χ2n) is 5.65. The molecular weight excluding hydrogens is 374 g/mol. The van der Waals surface area contributed by atoms with Gasteiger partial charge in [0.15, 0.2) is 0 Å². The summed E-state index contributed by atoms with van der Waals surface area (Å²) in [7, 11) is -3.57. The Labute approximate surface area is 140 Å². The molecule has 0 aliphatic rings. The molecule has 0 radical (unpaired) electrons. The summed E-state index contributed by atoms with van der Waals surface area (Å²) >= 11 is 4.44. The number of aliphatic hydroxyl groups excluding tert-OH is 1. The van der Waals surface area contributed by atoms with Gasteiger partial charge in [0.1, 0.15) is 4.21 Å². The lowest BCUT2D eigenvalue weighted by atomic mass is 9.87.